The monoisotopic (exact) mass is 450 g/mol. The number of ketones is 2. The Labute approximate surface area is 198 Å². The number of unbranched alkanes of at least 4 members (excludes halogenated alkanes) is 5. The number of Topliss-reactive ketones (excluding diaryl/α,β-unsaturated/α-hetero) is 2. The van der Waals surface area contributed by atoms with E-state index in [9.17, 15) is 14.4 Å². The fourth-order valence-electron chi connectivity index (χ4n) is 4.21. The van der Waals surface area contributed by atoms with E-state index in [1.54, 1.807) is 0 Å². The van der Waals surface area contributed by atoms with Gasteiger partial charge in [0.15, 0.2) is 0 Å². The van der Waals surface area contributed by atoms with E-state index in [1.165, 1.54) is 0 Å². The first-order chi connectivity index (χ1) is 16.0. The number of rotatable bonds is 17. The van der Waals surface area contributed by atoms with Crippen LogP contribution < -0.4 is 0 Å². The molecular weight excluding hydrogens is 412 g/mol. The van der Waals surface area contributed by atoms with Crippen molar-refractivity contribution in [2.24, 2.45) is 11.8 Å². The maximum Gasteiger partial charge on any atom is 0.303 e. The van der Waals surface area contributed by atoms with E-state index in [4.69, 9.17) is 5.11 Å². The standard InChI is InChI=1S/C29H38O4/c1-23(20-24-14-8-6-9-15-24)28(31)22-26(21-25-16-10-7-11-17-25)27(30)18-12-4-2-3-5-13-19-29(32)33/h6-11,14-17,23,26H,2-5,12-13,18-22H2,1H3,(H,32,33)/t23?,26-/m0/s1. The summed E-state index contributed by atoms with van der Waals surface area (Å²) in [6, 6.07) is 20.0. The van der Waals surface area contributed by atoms with Gasteiger partial charge in [-0.3, -0.25) is 14.4 Å². The highest BCUT2D eigenvalue weighted by atomic mass is 16.4. The number of carbonyl (C=O) groups is 3. The van der Waals surface area contributed by atoms with Gasteiger partial charge in [-0.1, -0.05) is 93.3 Å². The molecule has 0 aliphatic carbocycles. The smallest absolute Gasteiger partial charge is 0.303 e. The summed E-state index contributed by atoms with van der Waals surface area (Å²) in [7, 11) is 0. The first-order valence-electron chi connectivity index (χ1n) is 12.3. The zero-order chi connectivity index (χ0) is 23.9. The Kier molecular flexibility index (Phi) is 12.2. The van der Waals surface area contributed by atoms with Gasteiger partial charge in [0, 0.05) is 31.1 Å². The Morgan fingerprint density at radius 2 is 1.15 bits per heavy atom. The maximum absolute atomic E-state index is 13.1. The molecule has 33 heavy (non-hydrogen) atoms. The lowest BCUT2D eigenvalue weighted by Gasteiger charge is -2.18. The van der Waals surface area contributed by atoms with Crippen molar-refractivity contribution in [1.82, 2.24) is 0 Å². The van der Waals surface area contributed by atoms with Crippen molar-refractivity contribution in [2.45, 2.75) is 77.6 Å². The molecule has 0 aliphatic rings. The number of hydrogen-bond acceptors (Lipinski definition) is 3. The average molecular weight is 451 g/mol. The van der Waals surface area contributed by atoms with Gasteiger partial charge in [0.1, 0.15) is 11.6 Å². The minimum absolute atomic E-state index is 0.107. The number of carboxylic acid groups (broad SMARTS) is 1. The summed E-state index contributed by atoms with van der Waals surface area (Å²) in [5.41, 5.74) is 2.24. The zero-order valence-corrected chi connectivity index (χ0v) is 19.9. The third-order valence-electron chi connectivity index (χ3n) is 6.23. The zero-order valence-electron chi connectivity index (χ0n) is 19.9. The summed E-state index contributed by atoms with van der Waals surface area (Å²) in [4.78, 5) is 36.6. The molecule has 4 nitrogen and oxygen atoms in total. The summed E-state index contributed by atoms with van der Waals surface area (Å²) in [5.74, 6) is -0.771. The van der Waals surface area contributed by atoms with Crippen molar-refractivity contribution in [3.05, 3.63) is 71.8 Å². The highest BCUT2D eigenvalue weighted by Crippen LogP contribution is 2.21. The largest absolute Gasteiger partial charge is 0.481 e. The Bertz CT molecular complexity index is 844. The average Bonchev–Trinajstić information content (AvgIpc) is 2.81. The minimum Gasteiger partial charge on any atom is -0.481 e. The second-order valence-corrected chi connectivity index (χ2v) is 9.13. The van der Waals surface area contributed by atoms with Gasteiger partial charge < -0.3 is 5.11 Å². The Balaban J connectivity index is 1.84. The SMILES string of the molecule is CC(Cc1ccccc1)C(=O)C[C@H](Cc1ccccc1)C(=O)CCCCCCCCC(=O)O. The van der Waals surface area contributed by atoms with Crippen LogP contribution in [0.1, 0.15) is 75.8 Å². The summed E-state index contributed by atoms with van der Waals surface area (Å²) in [6.45, 7) is 1.96. The summed E-state index contributed by atoms with van der Waals surface area (Å²) in [6.07, 6.45) is 7.81. The van der Waals surface area contributed by atoms with Gasteiger partial charge in [-0.25, -0.2) is 0 Å². The van der Waals surface area contributed by atoms with Gasteiger partial charge in [0.25, 0.3) is 0 Å². The molecule has 0 amide bonds. The molecule has 0 spiro atoms. The molecule has 0 saturated heterocycles. The first-order valence-corrected chi connectivity index (χ1v) is 12.3. The van der Waals surface area contributed by atoms with Crippen molar-refractivity contribution in [3.63, 3.8) is 0 Å². The molecule has 0 bridgehead atoms. The Hall–Kier alpha value is -2.75. The molecule has 1 unspecified atom stereocenters. The first kappa shape index (κ1) is 26.5. The van der Waals surface area contributed by atoms with E-state index < -0.39 is 5.97 Å². The van der Waals surface area contributed by atoms with E-state index in [2.05, 4.69) is 0 Å². The van der Waals surface area contributed by atoms with E-state index in [0.29, 0.717) is 25.7 Å². The highest BCUT2D eigenvalue weighted by molar-refractivity contribution is 5.89. The molecule has 0 aliphatic heterocycles. The van der Waals surface area contributed by atoms with Crippen molar-refractivity contribution < 1.29 is 19.5 Å². The fraction of sp³-hybridized carbons (Fsp3) is 0.483. The highest BCUT2D eigenvalue weighted by Gasteiger charge is 2.24. The molecule has 2 atom stereocenters. The van der Waals surface area contributed by atoms with Gasteiger partial charge in [-0.2, -0.15) is 0 Å². The van der Waals surface area contributed by atoms with Crippen molar-refractivity contribution >= 4 is 17.5 Å². The lowest BCUT2D eigenvalue weighted by Crippen LogP contribution is -2.24. The molecule has 0 radical (unpaired) electrons. The molecule has 178 valence electrons. The summed E-state index contributed by atoms with van der Waals surface area (Å²) < 4.78 is 0. The van der Waals surface area contributed by atoms with Crippen molar-refractivity contribution in [2.75, 3.05) is 0 Å². The van der Waals surface area contributed by atoms with Gasteiger partial charge >= 0.3 is 5.97 Å². The Morgan fingerprint density at radius 1 is 0.667 bits per heavy atom. The van der Waals surface area contributed by atoms with Crippen LogP contribution in [0.25, 0.3) is 0 Å². The molecule has 0 saturated carbocycles. The van der Waals surface area contributed by atoms with E-state index in [1.807, 2.05) is 67.6 Å². The number of aliphatic carboxylic acids is 1. The number of carboxylic acids is 1. The molecule has 0 heterocycles. The molecule has 2 rings (SSSR count). The molecule has 1 N–H and O–H groups in total. The predicted octanol–water partition coefficient (Wildman–Crippen LogP) is 6.46. The maximum atomic E-state index is 13.1. The van der Waals surface area contributed by atoms with E-state index in [-0.39, 0.29) is 29.8 Å². The molecule has 2 aromatic rings. The number of carbonyl (C=O) groups excluding carboxylic acids is 2. The van der Waals surface area contributed by atoms with Crippen LogP contribution in [0.3, 0.4) is 0 Å². The molecule has 2 aromatic carbocycles. The van der Waals surface area contributed by atoms with E-state index >= 15 is 0 Å². The van der Waals surface area contributed by atoms with Crippen LogP contribution in [0, 0.1) is 11.8 Å². The molecular formula is C29H38O4. The van der Waals surface area contributed by atoms with Crippen molar-refractivity contribution in [1.29, 1.82) is 0 Å². The van der Waals surface area contributed by atoms with Crippen molar-refractivity contribution in [3.8, 4) is 0 Å². The second kappa shape index (κ2) is 15.2. The van der Waals surface area contributed by atoms with Crippen LogP contribution in [0.2, 0.25) is 0 Å². The van der Waals surface area contributed by atoms with Crippen LogP contribution in [0.4, 0.5) is 0 Å². The molecule has 0 fully saturated rings. The predicted molar refractivity (Wildman–Crippen MR) is 132 cm³/mol. The van der Waals surface area contributed by atoms with Crippen LogP contribution in [-0.2, 0) is 27.2 Å². The fourth-order valence-corrected chi connectivity index (χ4v) is 4.21. The third kappa shape index (κ3) is 11.1. The van der Waals surface area contributed by atoms with Gasteiger partial charge in [0.2, 0.25) is 0 Å². The van der Waals surface area contributed by atoms with Gasteiger partial charge in [-0.05, 0) is 36.8 Å². The third-order valence-corrected chi connectivity index (χ3v) is 6.23. The summed E-state index contributed by atoms with van der Waals surface area (Å²) in [5, 5.41) is 8.68. The lowest BCUT2D eigenvalue weighted by molar-refractivity contribution is -0.137. The normalized spacial score (nSPS) is 12.8. The number of benzene rings is 2. The van der Waals surface area contributed by atoms with Crippen LogP contribution in [-0.4, -0.2) is 22.6 Å². The summed E-state index contributed by atoms with van der Waals surface area (Å²) >= 11 is 0. The second-order valence-electron chi connectivity index (χ2n) is 9.13. The quantitative estimate of drug-likeness (QED) is 0.281. The van der Waals surface area contributed by atoms with Crippen LogP contribution in [0.15, 0.2) is 60.7 Å². The Morgan fingerprint density at radius 3 is 1.70 bits per heavy atom. The van der Waals surface area contributed by atoms with Crippen LogP contribution >= 0.6 is 0 Å². The van der Waals surface area contributed by atoms with Gasteiger partial charge in [0.05, 0.1) is 0 Å². The van der Waals surface area contributed by atoms with Crippen LogP contribution in [0.5, 0.6) is 0 Å². The molecule has 4 heteroatoms. The number of hydrogen-bond donors (Lipinski definition) is 1. The minimum atomic E-state index is -0.738. The lowest BCUT2D eigenvalue weighted by atomic mass is 9.84. The van der Waals surface area contributed by atoms with Gasteiger partial charge in [-0.15, -0.1) is 0 Å². The topological polar surface area (TPSA) is 71.4 Å². The van der Waals surface area contributed by atoms with E-state index in [0.717, 1.165) is 49.7 Å². The molecule has 0 aromatic heterocycles.